The molecule has 0 spiro atoms. The number of aliphatic hydroxyl groups is 3. The molecule has 0 aromatic carbocycles. The zero-order chi connectivity index (χ0) is 45.7. The third-order valence-electron chi connectivity index (χ3n) is 10.2. The second-order valence-corrected chi connectivity index (χ2v) is 20.0. The Hall–Kier alpha value is -0.500. The van der Waals surface area contributed by atoms with Gasteiger partial charge < -0.3 is 49.3 Å². The van der Waals surface area contributed by atoms with Gasteiger partial charge in [0.05, 0.1) is 6.61 Å². The van der Waals surface area contributed by atoms with Gasteiger partial charge in [-0.3, -0.25) is 27.7 Å². The fourth-order valence-electron chi connectivity index (χ4n) is 6.92. The van der Waals surface area contributed by atoms with Gasteiger partial charge in [0.25, 0.3) is 0 Å². The predicted molar refractivity (Wildman–Crippen MR) is 228 cm³/mol. The van der Waals surface area contributed by atoms with Crippen LogP contribution in [0.4, 0.5) is 0 Å². The van der Waals surface area contributed by atoms with Crippen molar-refractivity contribution in [1.29, 1.82) is 0 Å². The van der Waals surface area contributed by atoms with Crippen LogP contribution in [-0.2, 0) is 50.9 Å². The fourth-order valence-corrected chi connectivity index (χ4v) is 9.24. The van der Waals surface area contributed by atoms with Gasteiger partial charge in [0.15, 0.2) is 6.10 Å². The van der Waals surface area contributed by atoms with Gasteiger partial charge in [-0.25, -0.2) is 13.7 Å². The minimum atomic E-state index is -5.59. The van der Waals surface area contributed by atoms with Gasteiger partial charge >= 0.3 is 35.4 Å². The first kappa shape index (κ1) is 58.5. The summed E-state index contributed by atoms with van der Waals surface area (Å²) in [5.41, 5.74) is 0. The third kappa shape index (κ3) is 29.6. The van der Waals surface area contributed by atoms with E-state index in [4.69, 9.17) is 18.5 Å². The van der Waals surface area contributed by atoms with Crippen molar-refractivity contribution in [2.45, 2.75) is 210 Å². The second kappa shape index (κ2) is 33.0. The Bertz CT molecular complexity index is 1320. The molecule has 362 valence electrons. The lowest BCUT2D eigenvalue weighted by Gasteiger charge is -2.44. The number of carbonyl (C=O) groups is 2. The maximum atomic E-state index is 13.1. The summed E-state index contributed by atoms with van der Waals surface area (Å²) in [5.74, 6) is -0.393. The molecule has 23 heteroatoms. The van der Waals surface area contributed by atoms with Crippen LogP contribution in [0.5, 0.6) is 0 Å². The number of ether oxygens (including phenoxy) is 2. The number of phosphoric acid groups is 3. The molecule has 0 heterocycles. The van der Waals surface area contributed by atoms with Crippen LogP contribution in [0.2, 0.25) is 0 Å². The van der Waals surface area contributed by atoms with Gasteiger partial charge in [-0.2, -0.15) is 12.6 Å². The average Bonchev–Trinajstić information content (AvgIpc) is 3.18. The summed E-state index contributed by atoms with van der Waals surface area (Å²) in [6.45, 7) is 0.725. The molecule has 0 aromatic heterocycles. The summed E-state index contributed by atoms with van der Waals surface area (Å²) >= 11 is 4.22. The fraction of sp³-hybridized carbons (Fsp3) is 0.947. The van der Waals surface area contributed by atoms with Crippen LogP contribution in [0.1, 0.15) is 167 Å². The maximum Gasteiger partial charge on any atom is 0.472 e. The summed E-state index contributed by atoms with van der Waals surface area (Å²) in [7, 11) is -16.6. The van der Waals surface area contributed by atoms with Crippen LogP contribution in [0, 0.1) is 0 Å². The predicted octanol–water partition coefficient (Wildman–Crippen LogP) is 6.70. The smallest absolute Gasteiger partial charge is 0.462 e. The van der Waals surface area contributed by atoms with Gasteiger partial charge in [-0.05, 0) is 25.0 Å². The summed E-state index contributed by atoms with van der Waals surface area (Å²) < 4.78 is 65.3. The number of esters is 2. The Morgan fingerprint density at radius 1 is 0.508 bits per heavy atom. The lowest BCUT2D eigenvalue weighted by molar-refractivity contribution is -0.213. The van der Waals surface area contributed by atoms with Crippen LogP contribution >= 0.6 is 36.1 Å². The van der Waals surface area contributed by atoms with Crippen LogP contribution in [-0.4, -0.2) is 113 Å². The highest BCUT2D eigenvalue weighted by Crippen LogP contribution is 2.51. The minimum Gasteiger partial charge on any atom is -0.462 e. The number of unbranched alkanes of at least 4 members (excludes halogenated alkanes) is 21. The Kier molecular flexibility index (Phi) is 31.7. The topological polar surface area (TPSA) is 303 Å². The quantitative estimate of drug-likeness (QED) is 0.0135. The molecule has 0 amide bonds. The van der Waals surface area contributed by atoms with E-state index in [0.29, 0.717) is 12.8 Å². The Balaban J connectivity index is 2.77. The first-order chi connectivity index (χ1) is 28.8. The van der Waals surface area contributed by atoms with E-state index in [2.05, 4.69) is 28.6 Å². The van der Waals surface area contributed by atoms with Crippen molar-refractivity contribution in [3.63, 3.8) is 0 Å². The van der Waals surface area contributed by atoms with Crippen molar-refractivity contribution in [1.82, 2.24) is 0 Å². The van der Waals surface area contributed by atoms with Crippen LogP contribution in [0.3, 0.4) is 0 Å². The van der Waals surface area contributed by atoms with Gasteiger partial charge in [0, 0.05) is 12.8 Å². The number of aliphatic hydroxyl groups excluding tert-OH is 3. The van der Waals surface area contributed by atoms with Crippen LogP contribution in [0.25, 0.3) is 0 Å². The number of carbonyl (C=O) groups excluding carboxylic acids is 2. The Morgan fingerprint density at radius 2 is 0.885 bits per heavy atom. The molecule has 1 aliphatic carbocycles. The van der Waals surface area contributed by atoms with E-state index >= 15 is 0 Å². The van der Waals surface area contributed by atoms with Crippen molar-refractivity contribution < 1.29 is 90.6 Å². The first-order valence-electron chi connectivity index (χ1n) is 21.9. The standard InChI is InChI=1S/C38H75O19P3S/c1-2-3-4-5-6-7-8-9-10-14-17-20-23-26-32(40)54-30(28-52-31(39)25-22-19-16-13-11-12-15-18-21-24-27-61)29-53-60(50,51)57-36-33(41)34(42)37(55-58(44,45)46)38(35(36)43)56-59(47,48)49/h30,33-38,41-43,61H,2-29H2,1H3,(H,50,51)(H2,44,45,46)(H2,47,48,49)/t30-,33?,34+,35-,36?,37?,38-/m1/s1. The number of phosphoric ester groups is 3. The number of rotatable bonds is 38. The molecular weight excluding hydrogens is 885 g/mol. The lowest BCUT2D eigenvalue weighted by Crippen LogP contribution is -2.65. The molecule has 61 heavy (non-hydrogen) atoms. The molecule has 1 saturated carbocycles. The van der Waals surface area contributed by atoms with Crippen molar-refractivity contribution in [3.05, 3.63) is 0 Å². The van der Waals surface area contributed by atoms with Crippen molar-refractivity contribution in [3.8, 4) is 0 Å². The summed E-state index contributed by atoms with van der Waals surface area (Å²) in [4.78, 5) is 72.9. The summed E-state index contributed by atoms with van der Waals surface area (Å²) in [5, 5.41) is 31.8. The van der Waals surface area contributed by atoms with Gasteiger partial charge in [-0.1, -0.05) is 135 Å². The SMILES string of the molecule is CCCCCCCCCCCCCCCC(=O)O[C@H](COC(=O)CCCCCCCCCCCCS)COP(=O)(O)OC1C(O)[C@H](O)C(OP(=O)(O)O)[C@H](OP(=O)(O)O)[C@@H]1O. The molecule has 1 aliphatic rings. The Morgan fingerprint density at radius 3 is 1.31 bits per heavy atom. The van der Waals surface area contributed by atoms with Gasteiger partial charge in [-0.15, -0.1) is 0 Å². The second-order valence-electron chi connectivity index (χ2n) is 15.7. The highest BCUT2D eigenvalue weighted by molar-refractivity contribution is 7.80. The van der Waals surface area contributed by atoms with Crippen molar-refractivity contribution in [2.75, 3.05) is 19.0 Å². The van der Waals surface area contributed by atoms with Crippen molar-refractivity contribution in [2.24, 2.45) is 0 Å². The summed E-state index contributed by atoms with van der Waals surface area (Å²) in [6.07, 6.45) is 8.38. The average molecular weight is 961 g/mol. The summed E-state index contributed by atoms with van der Waals surface area (Å²) in [6, 6.07) is 0. The third-order valence-corrected chi connectivity index (χ3v) is 12.6. The van der Waals surface area contributed by atoms with E-state index in [1.807, 2.05) is 0 Å². The zero-order valence-electron chi connectivity index (χ0n) is 35.7. The van der Waals surface area contributed by atoms with Crippen molar-refractivity contribution >= 4 is 48.0 Å². The molecule has 1 rings (SSSR count). The number of hydrogen-bond acceptors (Lipinski definition) is 15. The largest absolute Gasteiger partial charge is 0.472 e. The molecular formula is C38H75O19P3S. The number of thiol groups is 1. The van der Waals surface area contributed by atoms with E-state index in [9.17, 15) is 63.1 Å². The van der Waals surface area contributed by atoms with E-state index in [1.54, 1.807) is 0 Å². The van der Waals surface area contributed by atoms with E-state index in [-0.39, 0.29) is 12.8 Å². The van der Waals surface area contributed by atoms with Crippen LogP contribution < -0.4 is 0 Å². The van der Waals surface area contributed by atoms with E-state index in [1.165, 1.54) is 70.6 Å². The van der Waals surface area contributed by atoms with Gasteiger partial charge in [0.1, 0.15) is 43.2 Å². The van der Waals surface area contributed by atoms with Gasteiger partial charge in [0.2, 0.25) is 0 Å². The van der Waals surface area contributed by atoms with E-state index in [0.717, 1.165) is 70.0 Å². The highest BCUT2D eigenvalue weighted by atomic mass is 32.1. The maximum absolute atomic E-state index is 13.1. The molecule has 4 unspecified atom stereocenters. The molecule has 1 fully saturated rings. The molecule has 8 atom stereocenters. The monoisotopic (exact) mass is 960 g/mol. The van der Waals surface area contributed by atoms with Crippen LogP contribution in [0.15, 0.2) is 0 Å². The first-order valence-corrected chi connectivity index (χ1v) is 27.1. The number of hydrogen-bond donors (Lipinski definition) is 9. The lowest BCUT2D eigenvalue weighted by atomic mass is 9.85. The molecule has 19 nitrogen and oxygen atoms in total. The zero-order valence-corrected chi connectivity index (χ0v) is 39.3. The van der Waals surface area contributed by atoms with E-state index < -0.39 is 91.3 Å². The highest BCUT2D eigenvalue weighted by Gasteiger charge is 2.56. The minimum absolute atomic E-state index is 0.00229. The molecule has 0 saturated heterocycles. The Labute approximate surface area is 366 Å². The molecule has 0 aromatic rings. The normalized spacial score (nSPS) is 22.5. The molecule has 0 aliphatic heterocycles. The molecule has 0 radical (unpaired) electrons. The molecule has 8 N–H and O–H groups in total. The molecule has 0 bridgehead atoms.